The summed E-state index contributed by atoms with van der Waals surface area (Å²) in [6.07, 6.45) is 4.70. The van der Waals surface area contributed by atoms with Gasteiger partial charge in [-0.3, -0.25) is 0 Å². The highest BCUT2D eigenvalue weighted by molar-refractivity contribution is 5.90. The first-order valence-corrected chi connectivity index (χ1v) is 10.7. The molecule has 0 amide bonds. The third kappa shape index (κ3) is 3.64. The second-order valence-corrected chi connectivity index (χ2v) is 9.75. The molecule has 2 aromatic rings. The van der Waals surface area contributed by atoms with Gasteiger partial charge >= 0.3 is 5.97 Å². The van der Waals surface area contributed by atoms with E-state index in [-0.39, 0.29) is 5.41 Å². The molecule has 1 aliphatic rings. The number of allylic oxidation sites excluding steroid dienone is 4. The predicted molar refractivity (Wildman–Crippen MR) is 127 cm³/mol. The van der Waals surface area contributed by atoms with Gasteiger partial charge in [0.15, 0.2) is 0 Å². The Morgan fingerprint density at radius 3 is 1.87 bits per heavy atom. The highest BCUT2D eigenvalue weighted by Crippen LogP contribution is 2.49. The van der Waals surface area contributed by atoms with E-state index in [2.05, 4.69) is 66.7 Å². The van der Waals surface area contributed by atoms with Gasteiger partial charge in [-0.15, -0.1) is 0 Å². The molecule has 1 atom stereocenters. The molecule has 1 N–H and O–H groups in total. The second-order valence-electron chi connectivity index (χ2n) is 9.75. The lowest BCUT2D eigenvalue weighted by Crippen LogP contribution is -2.26. The lowest BCUT2D eigenvalue weighted by Gasteiger charge is -2.39. The van der Waals surface area contributed by atoms with Crippen LogP contribution >= 0.6 is 0 Å². The fourth-order valence-electron chi connectivity index (χ4n) is 5.85. The summed E-state index contributed by atoms with van der Waals surface area (Å²) < 4.78 is 0. The van der Waals surface area contributed by atoms with Crippen molar-refractivity contribution in [1.29, 1.82) is 0 Å². The number of aryl methyl sites for hydroxylation is 4. The molecule has 0 aliphatic heterocycles. The fraction of sp³-hybridized carbons (Fsp3) is 0.393. The molecule has 2 aromatic carbocycles. The topological polar surface area (TPSA) is 37.3 Å². The smallest absolute Gasteiger partial charge is 0.335 e. The van der Waals surface area contributed by atoms with Crippen LogP contribution in [0.5, 0.6) is 0 Å². The largest absolute Gasteiger partial charge is 0.478 e. The quantitative estimate of drug-likeness (QED) is 0.573. The zero-order valence-corrected chi connectivity index (χ0v) is 19.8. The molecule has 0 spiro atoms. The van der Waals surface area contributed by atoms with Gasteiger partial charge < -0.3 is 5.11 Å². The van der Waals surface area contributed by atoms with Crippen molar-refractivity contribution >= 4 is 5.97 Å². The number of hydrogen-bond acceptors (Lipinski definition) is 1. The number of hydrogen-bond donors (Lipinski definition) is 1. The average molecular weight is 403 g/mol. The zero-order valence-electron chi connectivity index (χ0n) is 19.8. The van der Waals surface area contributed by atoms with E-state index in [0.717, 1.165) is 11.1 Å². The third-order valence-corrected chi connectivity index (χ3v) is 6.60. The molecule has 2 heteroatoms. The molecule has 30 heavy (non-hydrogen) atoms. The average Bonchev–Trinajstić information content (AvgIpc) is 2.58. The molecule has 0 heterocycles. The van der Waals surface area contributed by atoms with Gasteiger partial charge in [0, 0.05) is 5.92 Å². The van der Waals surface area contributed by atoms with Gasteiger partial charge in [0.05, 0.1) is 5.56 Å². The first kappa shape index (κ1) is 22.1. The van der Waals surface area contributed by atoms with E-state index in [1.54, 1.807) is 12.1 Å². The van der Waals surface area contributed by atoms with E-state index in [1.807, 2.05) is 13.8 Å². The van der Waals surface area contributed by atoms with Crippen molar-refractivity contribution in [2.24, 2.45) is 5.41 Å². The summed E-state index contributed by atoms with van der Waals surface area (Å²) in [6, 6.07) is 5.89. The molecular weight excluding hydrogens is 368 g/mol. The van der Waals surface area contributed by atoms with Crippen LogP contribution in [0.3, 0.4) is 0 Å². The Hall–Kier alpha value is -2.61. The van der Waals surface area contributed by atoms with Crippen molar-refractivity contribution in [2.45, 2.75) is 68.2 Å². The Morgan fingerprint density at radius 2 is 1.37 bits per heavy atom. The van der Waals surface area contributed by atoms with E-state index in [1.165, 1.54) is 44.5 Å². The maximum atomic E-state index is 11.5. The van der Waals surface area contributed by atoms with Crippen LogP contribution < -0.4 is 0 Å². The van der Waals surface area contributed by atoms with Gasteiger partial charge in [-0.2, -0.15) is 0 Å². The molecule has 0 saturated carbocycles. The van der Waals surface area contributed by atoms with Crippen LogP contribution in [0.2, 0.25) is 0 Å². The molecule has 3 rings (SSSR count). The third-order valence-electron chi connectivity index (χ3n) is 6.60. The number of benzene rings is 2. The number of carboxylic acid groups (broad SMARTS) is 1. The molecule has 2 nitrogen and oxygen atoms in total. The summed E-state index contributed by atoms with van der Waals surface area (Å²) in [4.78, 5) is 11.5. The Morgan fingerprint density at radius 1 is 0.833 bits per heavy atom. The SMILES string of the molecule is CC1=CC(C)(C)C(c2c(C)cc(C)c(-c3c(C)cc(C(=O)O)cc3C)c2C)C(C)=C1. The summed E-state index contributed by atoms with van der Waals surface area (Å²) in [5, 5.41) is 9.45. The maximum absolute atomic E-state index is 11.5. The van der Waals surface area contributed by atoms with E-state index >= 15 is 0 Å². The van der Waals surface area contributed by atoms with E-state index in [9.17, 15) is 9.90 Å². The van der Waals surface area contributed by atoms with Crippen LogP contribution in [0.4, 0.5) is 0 Å². The summed E-state index contributed by atoms with van der Waals surface area (Å²) in [7, 11) is 0. The van der Waals surface area contributed by atoms with Crippen molar-refractivity contribution < 1.29 is 9.90 Å². The van der Waals surface area contributed by atoms with Gasteiger partial charge in [0.1, 0.15) is 0 Å². The van der Waals surface area contributed by atoms with Crippen LogP contribution in [0.25, 0.3) is 11.1 Å². The van der Waals surface area contributed by atoms with E-state index < -0.39 is 5.97 Å². The molecule has 0 bridgehead atoms. The number of carbonyl (C=O) groups is 1. The minimum absolute atomic E-state index is 0.0300. The summed E-state index contributed by atoms with van der Waals surface area (Å²) in [5.41, 5.74) is 12.8. The molecule has 0 saturated heterocycles. The van der Waals surface area contributed by atoms with Crippen molar-refractivity contribution in [3.63, 3.8) is 0 Å². The van der Waals surface area contributed by atoms with Gasteiger partial charge in [0.25, 0.3) is 0 Å². The van der Waals surface area contributed by atoms with Crippen LogP contribution in [-0.2, 0) is 0 Å². The van der Waals surface area contributed by atoms with Crippen molar-refractivity contribution in [2.75, 3.05) is 0 Å². The predicted octanol–water partition coefficient (Wildman–Crippen LogP) is 7.61. The Kier molecular flexibility index (Phi) is 5.58. The minimum atomic E-state index is -0.877. The molecule has 0 radical (unpaired) electrons. The first-order valence-electron chi connectivity index (χ1n) is 10.7. The molecule has 1 aliphatic carbocycles. The number of rotatable bonds is 3. The minimum Gasteiger partial charge on any atom is -0.478 e. The maximum Gasteiger partial charge on any atom is 0.335 e. The second kappa shape index (κ2) is 7.58. The molecule has 0 aromatic heterocycles. The number of carboxylic acids is 1. The van der Waals surface area contributed by atoms with Gasteiger partial charge in [-0.05, 0) is 111 Å². The van der Waals surface area contributed by atoms with E-state index in [0.29, 0.717) is 11.5 Å². The van der Waals surface area contributed by atoms with Crippen molar-refractivity contribution in [1.82, 2.24) is 0 Å². The molecule has 158 valence electrons. The summed E-state index contributed by atoms with van der Waals surface area (Å²) in [5.74, 6) is -0.558. The van der Waals surface area contributed by atoms with Gasteiger partial charge in [-0.1, -0.05) is 43.2 Å². The Balaban J connectivity index is 2.32. The first-order chi connectivity index (χ1) is 13.8. The summed E-state index contributed by atoms with van der Waals surface area (Å²) in [6.45, 7) is 19.8. The Labute approximate surface area is 181 Å². The monoisotopic (exact) mass is 402 g/mol. The van der Waals surface area contributed by atoms with E-state index in [4.69, 9.17) is 0 Å². The van der Waals surface area contributed by atoms with Gasteiger partial charge in [0.2, 0.25) is 0 Å². The lowest BCUT2D eigenvalue weighted by molar-refractivity contribution is 0.0696. The zero-order chi connectivity index (χ0) is 22.5. The Bertz CT molecular complexity index is 1090. The van der Waals surface area contributed by atoms with Crippen LogP contribution in [0.1, 0.15) is 77.4 Å². The lowest BCUT2D eigenvalue weighted by atomic mass is 9.65. The standard InChI is InChI=1S/C28H34O2/c1-15-10-20(6)26(28(8,9)14-15)25-17(3)11-16(2)24(21(25)7)23-18(4)12-22(27(29)30)13-19(23)5/h10-14,26H,1-9H3,(H,29,30). The fourth-order valence-corrected chi connectivity index (χ4v) is 5.85. The summed E-state index contributed by atoms with van der Waals surface area (Å²) >= 11 is 0. The van der Waals surface area contributed by atoms with Crippen LogP contribution in [0.15, 0.2) is 41.5 Å². The van der Waals surface area contributed by atoms with Crippen molar-refractivity contribution in [3.8, 4) is 11.1 Å². The normalized spacial score (nSPS) is 18.1. The molecule has 0 fully saturated rings. The van der Waals surface area contributed by atoms with Crippen molar-refractivity contribution in [3.05, 3.63) is 80.4 Å². The molecular formula is C28H34O2. The van der Waals surface area contributed by atoms with Crippen LogP contribution in [-0.4, -0.2) is 11.1 Å². The highest BCUT2D eigenvalue weighted by Gasteiger charge is 2.35. The van der Waals surface area contributed by atoms with Crippen LogP contribution in [0, 0.1) is 40.0 Å². The number of aromatic carboxylic acids is 1. The highest BCUT2D eigenvalue weighted by atomic mass is 16.4. The molecule has 1 unspecified atom stereocenters. The van der Waals surface area contributed by atoms with Gasteiger partial charge in [-0.25, -0.2) is 4.79 Å².